The van der Waals surface area contributed by atoms with E-state index in [1.165, 1.54) is 19.1 Å². The molecule has 17 heavy (non-hydrogen) atoms. The van der Waals surface area contributed by atoms with E-state index in [0.29, 0.717) is 0 Å². The van der Waals surface area contributed by atoms with Crippen molar-refractivity contribution in [2.45, 2.75) is 13.8 Å². The van der Waals surface area contributed by atoms with Gasteiger partial charge in [-0.15, -0.1) is 0 Å². The standard InChI is InChI=1S/C12H12FNO3/c1-7-3-4-10(13)9(5-7)6-11(12(16)17)14-8(2)15/h3-6H,1-2H3,(H,14,15)(H,16,17)/b11-6+. The molecule has 1 rings (SSSR count). The van der Waals surface area contributed by atoms with Crippen molar-refractivity contribution in [3.8, 4) is 0 Å². The quantitative estimate of drug-likeness (QED) is 0.786. The first-order valence-electron chi connectivity index (χ1n) is 4.89. The minimum Gasteiger partial charge on any atom is -0.477 e. The number of carbonyl (C=O) groups excluding carboxylic acids is 1. The van der Waals surface area contributed by atoms with Gasteiger partial charge in [0.1, 0.15) is 11.5 Å². The maximum absolute atomic E-state index is 13.4. The SMILES string of the molecule is CC(=O)N/C(=C/c1cc(C)ccc1F)C(=O)O. The minimum absolute atomic E-state index is 0.121. The van der Waals surface area contributed by atoms with E-state index < -0.39 is 17.7 Å². The van der Waals surface area contributed by atoms with Crippen LogP contribution in [0, 0.1) is 12.7 Å². The molecule has 1 amide bonds. The lowest BCUT2D eigenvalue weighted by Gasteiger charge is -2.04. The molecule has 0 aliphatic carbocycles. The summed E-state index contributed by atoms with van der Waals surface area (Å²) >= 11 is 0. The average Bonchev–Trinajstić information content (AvgIpc) is 2.21. The monoisotopic (exact) mass is 237 g/mol. The molecule has 4 nitrogen and oxygen atoms in total. The number of carbonyl (C=O) groups is 2. The third-order valence-electron chi connectivity index (χ3n) is 1.99. The molecule has 5 heteroatoms. The van der Waals surface area contributed by atoms with Crippen molar-refractivity contribution in [2.75, 3.05) is 0 Å². The molecule has 1 aromatic carbocycles. The number of aliphatic carboxylic acids is 1. The van der Waals surface area contributed by atoms with Crippen LogP contribution < -0.4 is 5.32 Å². The fourth-order valence-electron chi connectivity index (χ4n) is 1.27. The zero-order valence-corrected chi connectivity index (χ0v) is 9.45. The Balaban J connectivity index is 3.16. The van der Waals surface area contributed by atoms with Gasteiger partial charge in [-0.05, 0) is 25.1 Å². The maximum Gasteiger partial charge on any atom is 0.352 e. The molecule has 0 atom stereocenters. The largest absolute Gasteiger partial charge is 0.477 e. The molecule has 0 radical (unpaired) electrons. The summed E-state index contributed by atoms with van der Waals surface area (Å²) in [5, 5.41) is 11.0. The number of hydrogen-bond donors (Lipinski definition) is 2. The Morgan fingerprint density at radius 1 is 1.41 bits per heavy atom. The van der Waals surface area contributed by atoms with E-state index in [1.807, 2.05) is 0 Å². The smallest absolute Gasteiger partial charge is 0.352 e. The number of hydrogen-bond acceptors (Lipinski definition) is 2. The Bertz CT molecular complexity index is 495. The predicted octanol–water partition coefficient (Wildman–Crippen LogP) is 1.70. The Morgan fingerprint density at radius 2 is 2.06 bits per heavy atom. The third kappa shape index (κ3) is 3.71. The molecular weight excluding hydrogens is 225 g/mol. The van der Waals surface area contributed by atoms with Crippen molar-refractivity contribution in [2.24, 2.45) is 0 Å². The summed E-state index contributed by atoms with van der Waals surface area (Å²) in [6.07, 6.45) is 1.09. The van der Waals surface area contributed by atoms with E-state index in [4.69, 9.17) is 5.11 Å². The summed E-state index contributed by atoms with van der Waals surface area (Å²) in [7, 11) is 0. The number of carboxylic acid groups (broad SMARTS) is 1. The predicted molar refractivity (Wildman–Crippen MR) is 60.6 cm³/mol. The van der Waals surface area contributed by atoms with Crippen LogP contribution in [0.4, 0.5) is 4.39 Å². The Hall–Kier alpha value is -2.17. The Morgan fingerprint density at radius 3 is 2.59 bits per heavy atom. The fraction of sp³-hybridized carbons (Fsp3) is 0.167. The highest BCUT2D eigenvalue weighted by Gasteiger charge is 2.10. The van der Waals surface area contributed by atoms with Crippen LogP contribution in [0.1, 0.15) is 18.1 Å². The summed E-state index contributed by atoms with van der Waals surface area (Å²) in [6, 6.07) is 4.32. The van der Waals surface area contributed by atoms with Crippen molar-refractivity contribution < 1.29 is 19.1 Å². The van der Waals surface area contributed by atoms with Gasteiger partial charge in [0.2, 0.25) is 5.91 Å². The first-order valence-corrected chi connectivity index (χ1v) is 4.89. The second-order valence-electron chi connectivity index (χ2n) is 3.57. The Labute approximate surface area is 97.8 Å². The van der Waals surface area contributed by atoms with Crippen LogP contribution >= 0.6 is 0 Å². The molecule has 0 saturated carbocycles. The molecule has 0 bridgehead atoms. The van der Waals surface area contributed by atoms with Gasteiger partial charge in [-0.3, -0.25) is 4.79 Å². The van der Waals surface area contributed by atoms with E-state index in [1.54, 1.807) is 13.0 Å². The van der Waals surface area contributed by atoms with E-state index in [2.05, 4.69) is 5.32 Å². The maximum atomic E-state index is 13.4. The van der Waals surface area contributed by atoms with Gasteiger partial charge in [0.15, 0.2) is 0 Å². The molecular formula is C12H12FNO3. The number of carboxylic acids is 1. The lowest BCUT2D eigenvalue weighted by atomic mass is 10.1. The topological polar surface area (TPSA) is 66.4 Å². The molecule has 1 aromatic rings. The normalized spacial score (nSPS) is 11.1. The highest BCUT2D eigenvalue weighted by molar-refractivity contribution is 5.96. The van der Waals surface area contributed by atoms with Crippen LogP contribution in [0.25, 0.3) is 6.08 Å². The van der Waals surface area contributed by atoms with Crippen LogP contribution in [0.2, 0.25) is 0 Å². The number of halogens is 1. The lowest BCUT2D eigenvalue weighted by Crippen LogP contribution is -2.24. The van der Waals surface area contributed by atoms with Gasteiger partial charge in [-0.25, -0.2) is 9.18 Å². The number of amides is 1. The summed E-state index contributed by atoms with van der Waals surface area (Å²) in [5.41, 5.74) is 0.559. The fourth-order valence-corrected chi connectivity index (χ4v) is 1.27. The first-order chi connectivity index (χ1) is 7.90. The Kier molecular flexibility index (Phi) is 3.98. The van der Waals surface area contributed by atoms with E-state index in [-0.39, 0.29) is 11.3 Å². The molecule has 0 aliphatic rings. The molecule has 90 valence electrons. The molecule has 0 fully saturated rings. The number of rotatable bonds is 3. The average molecular weight is 237 g/mol. The molecule has 0 unspecified atom stereocenters. The third-order valence-corrected chi connectivity index (χ3v) is 1.99. The van der Waals surface area contributed by atoms with Gasteiger partial charge in [0, 0.05) is 12.5 Å². The van der Waals surface area contributed by atoms with Crippen molar-refractivity contribution in [3.05, 3.63) is 40.8 Å². The van der Waals surface area contributed by atoms with E-state index >= 15 is 0 Å². The van der Waals surface area contributed by atoms with Crippen molar-refractivity contribution in [3.63, 3.8) is 0 Å². The molecule has 0 saturated heterocycles. The van der Waals surface area contributed by atoms with Gasteiger partial charge in [-0.1, -0.05) is 11.6 Å². The molecule has 0 spiro atoms. The number of benzene rings is 1. The highest BCUT2D eigenvalue weighted by atomic mass is 19.1. The highest BCUT2D eigenvalue weighted by Crippen LogP contribution is 2.13. The van der Waals surface area contributed by atoms with Crippen LogP contribution in [-0.2, 0) is 9.59 Å². The second-order valence-corrected chi connectivity index (χ2v) is 3.57. The molecule has 0 heterocycles. The summed E-state index contributed by atoms with van der Waals surface area (Å²) < 4.78 is 13.4. The molecule has 2 N–H and O–H groups in total. The van der Waals surface area contributed by atoms with Crippen LogP contribution in [-0.4, -0.2) is 17.0 Å². The van der Waals surface area contributed by atoms with Gasteiger partial charge in [0.05, 0.1) is 0 Å². The first kappa shape index (κ1) is 12.9. The summed E-state index contributed by atoms with van der Waals surface area (Å²) in [6.45, 7) is 2.94. The van der Waals surface area contributed by atoms with Crippen molar-refractivity contribution >= 4 is 18.0 Å². The summed E-state index contributed by atoms with van der Waals surface area (Å²) in [4.78, 5) is 21.6. The number of aryl methyl sites for hydroxylation is 1. The van der Waals surface area contributed by atoms with E-state index in [9.17, 15) is 14.0 Å². The zero-order chi connectivity index (χ0) is 13.0. The molecule has 0 aromatic heterocycles. The van der Waals surface area contributed by atoms with Gasteiger partial charge < -0.3 is 10.4 Å². The van der Waals surface area contributed by atoms with Crippen molar-refractivity contribution in [1.29, 1.82) is 0 Å². The minimum atomic E-state index is -1.32. The van der Waals surface area contributed by atoms with Gasteiger partial charge >= 0.3 is 5.97 Å². The molecule has 0 aliphatic heterocycles. The lowest BCUT2D eigenvalue weighted by molar-refractivity contribution is -0.134. The zero-order valence-electron chi connectivity index (χ0n) is 9.45. The van der Waals surface area contributed by atoms with E-state index in [0.717, 1.165) is 11.6 Å². The summed E-state index contributed by atoms with van der Waals surface area (Å²) in [5.74, 6) is -2.38. The number of nitrogens with one attached hydrogen (secondary N) is 1. The van der Waals surface area contributed by atoms with Crippen LogP contribution in [0.15, 0.2) is 23.9 Å². The van der Waals surface area contributed by atoms with Gasteiger partial charge in [0.25, 0.3) is 0 Å². The van der Waals surface area contributed by atoms with Crippen LogP contribution in [0.3, 0.4) is 0 Å². The van der Waals surface area contributed by atoms with Gasteiger partial charge in [-0.2, -0.15) is 0 Å². The van der Waals surface area contributed by atoms with Crippen LogP contribution in [0.5, 0.6) is 0 Å². The second kappa shape index (κ2) is 5.25. The van der Waals surface area contributed by atoms with Crippen molar-refractivity contribution in [1.82, 2.24) is 5.32 Å².